The van der Waals surface area contributed by atoms with Gasteiger partial charge in [-0.15, -0.1) is 24.8 Å². The van der Waals surface area contributed by atoms with Crippen LogP contribution in [0.15, 0.2) is 30.3 Å². The molecule has 92 valence electrons. The van der Waals surface area contributed by atoms with Gasteiger partial charge in [0.1, 0.15) is 6.29 Å². The van der Waals surface area contributed by atoms with Crippen LogP contribution in [0, 0.1) is 13.8 Å². The molecule has 5 heteroatoms. The predicted octanol–water partition coefficient (Wildman–Crippen LogP) is 3.15. The summed E-state index contributed by atoms with van der Waals surface area (Å²) in [6.07, 6.45) is 0.842. The number of hydrogen-bond acceptors (Lipinski definition) is 2. The summed E-state index contributed by atoms with van der Waals surface area (Å²) in [6.45, 7) is 3.95. The molecule has 0 unspecified atom stereocenters. The zero-order valence-electron chi connectivity index (χ0n) is 9.58. The van der Waals surface area contributed by atoms with Gasteiger partial charge in [0.25, 0.3) is 0 Å². The fraction of sp³-hybridized carbons (Fsp3) is 0.167. The predicted molar refractivity (Wildman–Crippen MR) is 72.9 cm³/mol. The highest BCUT2D eigenvalue weighted by Gasteiger charge is 2.03. The Labute approximate surface area is 113 Å². The second-order valence-electron chi connectivity index (χ2n) is 3.55. The molecule has 0 N–H and O–H groups in total. The van der Waals surface area contributed by atoms with Crippen molar-refractivity contribution in [3.05, 3.63) is 47.3 Å². The standard InChI is InChI=1S/C12H12N2O.2ClH/c1-9-6-10(2)14(13-9)12-5-3-4-11(7-12)8-15;;/h3-8H,1-2H3;2*1H. The van der Waals surface area contributed by atoms with Crippen LogP contribution >= 0.6 is 24.8 Å². The molecule has 1 aromatic carbocycles. The summed E-state index contributed by atoms with van der Waals surface area (Å²) >= 11 is 0. The van der Waals surface area contributed by atoms with Gasteiger partial charge in [-0.3, -0.25) is 4.79 Å². The lowest BCUT2D eigenvalue weighted by atomic mass is 10.2. The van der Waals surface area contributed by atoms with Gasteiger partial charge >= 0.3 is 0 Å². The van der Waals surface area contributed by atoms with Crippen LogP contribution in [-0.4, -0.2) is 16.1 Å². The maximum absolute atomic E-state index is 10.7. The average molecular weight is 273 g/mol. The summed E-state index contributed by atoms with van der Waals surface area (Å²) in [5.74, 6) is 0. The molecule has 0 radical (unpaired) electrons. The molecule has 0 atom stereocenters. The van der Waals surface area contributed by atoms with E-state index >= 15 is 0 Å². The number of halogens is 2. The lowest BCUT2D eigenvalue weighted by Crippen LogP contribution is -1.99. The van der Waals surface area contributed by atoms with Crippen molar-refractivity contribution in [3.63, 3.8) is 0 Å². The molecule has 1 heterocycles. The Hall–Kier alpha value is -1.32. The molecule has 17 heavy (non-hydrogen) atoms. The van der Waals surface area contributed by atoms with E-state index in [0.29, 0.717) is 5.56 Å². The molecule has 3 nitrogen and oxygen atoms in total. The van der Waals surface area contributed by atoms with Gasteiger partial charge in [0, 0.05) is 11.3 Å². The van der Waals surface area contributed by atoms with E-state index in [0.717, 1.165) is 23.4 Å². The molecule has 0 amide bonds. The van der Waals surface area contributed by atoms with Gasteiger partial charge in [-0.05, 0) is 32.0 Å². The monoisotopic (exact) mass is 272 g/mol. The first-order valence-corrected chi connectivity index (χ1v) is 4.79. The molecule has 0 saturated carbocycles. The summed E-state index contributed by atoms with van der Waals surface area (Å²) < 4.78 is 1.84. The van der Waals surface area contributed by atoms with E-state index in [-0.39, 0.29) is 24.8 Å². The zero-order valence-corrected chi connectivity index (χ0v) is 11.2. The summed E-state index contributed by atoms with van der Waals surface area (Å²) in [5.41, 5.74) is 3.63. The number of nitrogens with zero attached hydrogens (tertiary/aromatic N) is 2. The van der Waals surface area contributed by atoms with Gasteiger partial charge in [0.15, 0.2) is 0 Å². The van der Waals surface area contributed by atoms with Gasteiger partial charge in [0.2, 0.25) is 0 Å². The maximum atomic E-state index is 10.7. The van der Waals surface area contributed by atoms with Gasteiger partial charge in [-0.25, -0.2) is 4.68 Å². The molecule has 0 aliphatic rings. The van der Waals surface area contributed by atoms with Crippen molar-refractivity contribution in [2.24, 2.45) is 0 Å². The van der Waals surface area contributed by atoms with Crippen LogP contribution in [0.5, 0.6) is 0 Å². The number of rotatable bonds is 2. The first kappa shape index (κ1) is 15.7. The van der Waals surface area contributed by atoms with E-state index in [1.807, 2.05) is 42.8 Å². The summed E-state index contributed by atoms with van der Waals surface area (Å²) in [5, 5.41) is 4.36. The maximum Gasteiger partial charge on any atom is 0.150 e. The largest absolute Gasteiger partial charge is 0.298 e. The van der Waals surface area contributed by atoms with Crippen LogP contribution in [0.1, 0.15) is 21.7 Å². The Morgan fingerprint density at radius 3 is 2.41 bits per heavy atom. The highest BCUT2D eigenvalue weighted by molar-refractivity contribution is 5.85. The van der Waals surface area contributed by atoms with Gasteiger partial charge in [0.05, 0.1) is 11.4 Å². The molecular weight excluding hydrogens is 259 g/mol. The highest BCUT2D eigenvalue weighted by Crippen LogP contribution is 2.12. The zero-order chi connectivity index (χ0) is 10.8. The minimum atomic E-state index is 0. The van der Waals surface area contributed by atoms with E-state index in [1.165, 1.54) is 0 Å². The molecule has 2 rings (SSSR count). The SMILES string of the molecule is Cc1cc(C)n(-c2cccc(C=O)c2)n1.Cl.Cl. The van der Waals surface area contributed by atoms with Crippen molar-refractivity contribution < 1.29 is 4.79 Å². The second-order valence-corrected chi connectivity index (χ2v) is 3.55. The molecule has 0 aliphatic carbocycles. The number of aldehydes is 1. The van der Waals surface area contributed by atoms with Gasteiger partial charge in [-0.2, -0.15) is 5.10 Å². The third-order valence-electron chi connectivity index (χ3n) is 2.26. The Balaban J connectivity index is 0.00000128. The number of benzene rings is 1. The molecule has 2 aromatic rings. The van der Waals surface area contributed by atoms with Crippen molar-refractivity contribution in [2.45, 2.75) is 13.8 Å². The Morgan fingerprint density at radius 2 is 1.88 bits per heavy atom. The van der Waals surface area contributed by atoms with E-state index in [2.05, 4.69) is 5.10 Å². The van der Waals surface area contributed by atoms with Crippen LogP contribution in [0.3, 0.4) is 0 Å². The van der Waals surface area contributed by atoms with Crippen LogP contribution < -0.4 is 0 Å². The third kappa shape index (κ3) is 3.32. The normalized spacial score (nSPS) is 9.06. The highest BCUT2D eigenvalue weighted by atomic mass is 35.5. The lowest BCUT2D eigenvalue weighted by molar-refractivity contribution is 0.112. The molecule has 0 bridgehead atoms. The Kier molecular flexibility index (Phi) is 5.93. The van der Waals surface area contributed by atoms with Crippen LogP contribution in [0.2, 0.25) is 0 Å². The number of aromatic nitrogens is 2. The number of hydrogen-bond donors (Lipinski definition) is 0. The number of aryl methyl sites for hydroxylation is 2. The van der Waals surface area contributed by atoms with Crippen LogP contribution in [0.4, 0.5) is 0 Å². The van der Waals surface area contributed by atoms with E-state index < -0.39 is 0 Å². The molecule has 0 spiro atoms. The molecule has 0 aliphatic heterocycles. The lowest BCUT2D eigenvalue weighted by Gasteiger charge is -2.04. The van der Waals surface area contributed by atoms with E-state index in [9.17, 15) is 4.79 Å². The number of carbonyl (C=O) groups is 1. The van der Waals surface area contributed by atoms with Crippen molar-refractivity contribution >= 4 is 31.1 Å². The van der Waals surface area contributed by atoms with Gasteiger partial charge in [-0.1, -0.05) is 12.1 Å². The van der Waals surface area contributed by atoms with Crippen molar-refractivity contribution in [1.29, 1.82) is 0 Å². The molecule has 0 saturated heterocycles. The Morgan fingerprint density at radius 1 is 1.18 bits per heavy atom. The van der Waals surface area contributed by atoms with E-state index in [1.54, 1.807) is 6.07 Å². The van der Waals surface area contributed by atoms with Gasteiger partial charge < -0.3 is 0 Å². The summed E-state index contributed by atoms with van der Waals surface area (Å²) in [4.78, 5) is 10.7. The van der Waals surface area contributed by atoms with Crippen molar-refractivity contribution in [3.8, 4) is 5.69 Å². The first-order valence-electron chi connectivity index (χ1n) is 4.79. The summed E-state index contributed by atoms with van der Waals surface area (Å²) in [7, 11) is 0. The second kappa shape index (κ2) is 6.42. The number of carbonyl (C=O) groups excluding carboxylic acids is 1. The fourth-order valence-corrected chi connectivity index (χ4v) is 1.62. The van der Waals surface area contributed by atoms with Crippen LogP contribution in [0.25, 0.3) is 5.69 Å². The van der Waals surface area contributed by atoms with Crippen LogP contribution in [-0.2, 0) is 0 Å². The minimum Gasteiger partial charge on any atom is -0.298 e. The van der Waals surface area contributed by atoms with E-state index in [4.69, 9.17) is 0 Å². The average Bonchev–Trinajstić information content (AvgIpc) is 2.58. The topological polar surface area (TPSA) is 34.9 Å². The first-order chi connectivity index (χ1) is 7.20. The minimum absolute atomic E-state index is 0. The Bertz CT molecular complexity index is 509. The quantitative estimate of drug-likeness (QED) is 0.788. The fourth-order valence-electron chi connectivity index (χ4n) is 1.62. The smallest absolute Gasteiger partial charge is 0.150 e. The van der Waals surface area contributed by atoms with Crippen molar-refractivity contribution in [1.82, 2.24) is 9.78 Å². The van der Waals surface area contributed by atoms with Crippen molar-refractivity contribution in [2.75, 3.05) is 0 Å². The molecular formula is C12H14Cl2N2O. The summed E-state index contributed by atoms with van der Waals surface area (Å²) in [6, 6.07) is 9.41. The third-order valence-corrected chi connectivity index (χ3v) is 2.26. The molecule has 1 aromatic heterocycles. The molecule has 0 fully saturated rings.